The summed E-state index contributed by atoms with van der Waals surface area (Å²) in [6.45, 7) is 4.64. The van der Waals surface area contributed by atoms with Crippen molar-refractivity contribution in [3.8, 4) is 22.9 Å². The number of aromatic nitrogens is 2. The summed E-state index contributed by atoms with van der Waals surface area (Å²) in [6, 6.07) is 7.49. The molecule has 8 heteroatoms. The molecule has 2 heterocycles. The van der Waals surface area contributed by atoms with Crippen LogP contribution < -0.4 is 14.8 Å². The number of benzene rings is 1. The summed E-state index contributed by atoms with van der Waals surface area (Å²) < 4.78 is 15.8. The molecule has 29 heavy (non-hydrogen) atoms. The molecule has 0 fully saturated rings. The van der Waals surface area contributed by atoms with Gasteiger partial charge in [-0.2, -0.15) is 0 Å². The molecule has 1 aromatic carbocycles. The van der Waals surface area contributed by atoms with Crippen LogP contribution in [0.2, 0.25) is 0 Å². The third-order valence-corrected chi connectivity index (χ3v) is 5.33. The largest absolute Gasteiger partial charge is 0.493 e. The molecule has 0 spiro atoms. The van der Waals surface area contributed by atoms with Crippen LogP contribution in [0.25, 0.3) is 11.4 Å². The fourth-order valence-electron chi connectivity index (χ4n) is 2.74. The predicted octanol–water partition coefficient (Wildman–Crippen LogP) is 4.32. The van der Waals surface area contributed by atoms with Gasteiger partial charge in [-0.05, 0) is 49.1 Å². The zero-order chi connectivity index (χ0) is 20.8. The van der Waals surface area contributed by atoms with Crippen molar-refractivity contribution >= 4 is 23.1 Å². The lowest BCUT2D eigenvalue weighted by atomic mass is 10.1. The minimum absolute atomic E-state index is 0.278. The molecule has 1 N–H and O–H groups in total. The van der Waals surface area contributed by atoms with Gasteiger partial charge in [0.2, 0.25) is 0 Å². The van der Waals surface area contributed by atoms with Crippen LogP contribution in [-0.2, 0) is 11.3 Å². The first-order chi connectivity index (χ1) is 14.1. The van der Waals surface area contributed by atoms with Gasteiger partial charge in [0.1, 0.15) is 11.4 Å². The zero-order valence-electron chi connectivity index (χ0n) is 16.8. The maximum absolute atomic E-state index is 12.3. The first-order valence-corrected chi connectivity index (χ1v) is 9.98. The maximum atomic E-state index is 12.3. The summed E-state index contributed by atoms with van der Waals surface area (Å²) in [6.07, 6.45) is 1.49. The van der Waals surface area contributed by atoms with E-state index in [1.165, 1.54) is 16.6 Å². The molecule has 3 aromatic rings. The molecular weight excluding hydrogens is 390 g/mol. The van der Waals surface area contributed by atoms with Crippen LogP contribution in [0, 0.1) is 6.92 Å². The molecule has 0 atom stereocenters. The molecule has 0 bridgehead atoms. The molecule has 0 radical (unpaired) electrons. The first kappa shape index (κ1) is 20.6. The predicted molar refractivity (Wildman–Crippen MR) is 113 cm³/mol. The number of carbonyl (C=O) groups excluding carboxylic acids is 1. The number of nitrogens with zero attached hydrogens (tertiary/aromatic N) is 2. The van der Waals surface area contributed by atoms with Crippen molar-refractivity contribution in [2.24, 2.45) is 0 Å². The van der Waals surface area contributed by atoms with Gasteiger partial charge in [-0.15, -0.1) is 11.3 Å². The molecule has 152 valence electrons. The lowest BCUT2D eigenvalue weighted by molar-refractivity contribution is 0.0526. The van der Waals surface area contributed by atoms with E-state index in [2.05, 4.69) is 28.3 Å². The lowest BCUT2D eigenvalue weighted by Gasteiger charge is -2.13. The fraction of sp³-hybridized carbons (Fsp3) is 0.286. The smallest absolute Gasteiger partial charge is 0.343 e. The van der Waals surface area contributed by atoms with E-state index in [1.54, 1.807) is 44.6 Å². The highest BCUT2D eigenvalue weighted by Gasteiger charge is 2.18. The van der Waals surface area contributed by atoms with E-state index in [1.807, 2.05) is 11.4 Å². The number of methoxy groups -OCH3 is 2. The second kappa shape index (κ2) is 9.38. The second-order valence-corrected chi connectivity index (χ2v) is 7.13. The van der Waals surface area contributed by atoms with Crippen molar-refractivity contribution in [3.63, 3.8) is 0 Å². The third kappa shape index (κ3) is 4.65. The molecule has 0 amide bonds. The molecule has 3 rings (SSSR count). The molecular formula is C21H23N3O4S. The summed E-state index contributed by atoms with van der Waals surface area (Å²) in [5, 5.41) is 5.30. The topological polar surface area (TPSA) is 82.6 Å². The van der Waals surface area contributed by atoms with Crippen LogP contribution in [0.5, 0.6) is 11.5 Å². The summed E-state index contributed by atoms with van der Waals surface area (Å²) in [7, 11) is 3.15. The molecule has 0 unspecified atom stereocenters. The highest BCUT2D eigenvalue weighted by Crippen LogP contribution is 2.31. The van der Waals surface area contributed by atoms with Gasteiger partial charge in [-0.25, -0.2) is 14.8 Å². The highest BCUT2D eigenvalue weighted by molar-refractivity contribution is 7.10. The highest BCUT2D eigenvalue weighted by atomic mass is 32.1. The van der Waals surface area contributed by atoms with Crippen LogP contribution >= 0.6 is 11.3 Å². The first-order valence-electron chi connectivity index (χ1n) is 9.10. The Morgan fingerprint density at radius 3 is 2.62 bits per heavy atom. The van der Waals surface area contributed by atoms with Crippen LogP contribution in [0.3, 0.4) is 0 Å². The summed E-state index contributed by atoms with van der Waals surface area (Å²) in [5.74, 6) is 1.62. The summed E-state index contributed by atoms with van der Waals surface area (Å²) >= 11 is 1.65. The van der Waals surface area contributed by atoms with Crippen molar-refractivity contribution in [2.75, 3.05) is 26.1 Å². The Morgan fingerprint density at radius 1 is 1.17 bits per heavy atom. The number of rotatable bonds is 8. The number of thiophene rings is 1. The molecule has 0 aliphatic carbocycles. The average molecular weight is 413 g/mol. The average Bonchev–Trinajstić information content (AvgIpc) is 3.16. The molecule has 0 saturated heterocycles. The van der Waals surface area contributed by atoms with Crippen LogP contribution in [0.1, 0.15) is 27.7 Å². The van der Waals surface area contributed by atoms with Crippen molar-refractivity contribution < 1.29 is 19.0 Å². The van der Waals surface area contributed by atoms with Crippen LogP contribution in [0.4, 0.5) is 5.82 Å². The van der Waals surface area contributed by atoms with E-state index in [0.29, 0.717) is 35.2 Å². The fourth-order valence-corrected chi connectivity index (χ4v) is 3.58. The van der Waals surface area contributed by atoms with E-state index in [-0.39, 0.29) is 6.61 Å². The van der Waals surface area contributed by atoms with Gasteiger partial charge in [0.25, 0.3) is 0 Å². The standard InChI is InChI=1S/C21H23N3O4S/c1-5-28-21(25)15-11-22-19(14-6-7-16(26-3)17(10-14)27-4)24-20(15)23-12-18-13(2)8-9-29-18/h6-11H,5,12H2,1-4H3,(H,22,23,24). The number of carbonyl (C=O) groups is 1. The van der Waals surface area contributed by atoms with E-state index >= 15 is 0 Å². The minimum atomic E-state index is -0.461. The monoisotopic (exact) mass is 413 g/mol. The quantitative estimate of drug-likeness (QED) is 0.551. The summed E-state index contributed by atoms with van der Waals surface area (Å²) in [5.41, 5.74) is 2.23. The van der Waals surface area contributed by atoms with Gasteiger partial charge < -0.3 is 19.5 Å². The Hall–Kier alpha value is -3.13. The third-order valence-electron chi connectivity index (χ3n) is 4.31. The molecule has 0 aliphatic rings. The number of hydrogen-bond donors (Lipinski definition) is 1. The van der Waals surface area contributed by atoms with Gasteiger partial charge in [-0.3, -0.25) is 0 Å². The molecule has 0 saturated carbocycles. The van der Waals surface area contributed by atoms with Gasteiger partial charge in [0.15, 0.2) is 17.3 Å². The number of esters is 1. The van der Waals surface area contributed by atoms with Crippen LogP contribution in [-0.4, -0.2) is 36.8 Å². The van der Waals surface area contributed by atoms with Gasteiger partial charge in [0, 0.05) is 16.6 Å². The lowest BCUT2D eigenvalue weighted by Crippen LogP contribution is -2.13. The van der Waals surface area contributed by atoms with E-state index in [9.17, 15) is 4.79 Å². The van der Waals surface area contributed by atoms with E-state index in [0.717, 1.165) is 5.56 Å². The van der Waals surface area contributed by atoms with E-state index in [4.69, 9.17) is 14.2 Å². The second-order valence-electron chi connectivity index (χ2n) is 6.13. The van der Waals surface area contributed by atoms with Crippen molar-refractivity contribution in [1.29, 1.82) is 0 Å². The van der Waals surface area contributed by atoms with Gasteiger partial charge in [0.05, 0.1) is 27.4 Å². The van der Waals surface area contributed by atoms with Gasteiger partial charge in [-0.1, -0.05) is 0 Å². The molecule has 7 nitrogen and oxygen atoms in total. The Bertz CT molecular complexity index is 1000. The normalized spacial score (nSPS) is 10.5. The van der Waals surface area contributed by atoms with Crippen molar-refractivity contribution in [2.45, 2.75) is 20.4 Å². The number of nitrogens with one attached hydrogen (secondary N) is 1. The minimum Gasteiger partial charge on any atom is -0.493 e. The SMILES string of the molecule is CCOC(=O)c1cnc(-c2ccc(OC)c(OC)c2)nc1NCc1sccc1C. The number of ether oxygens (including phenoxy) is 3. The van der Waals surface area contributed by atoms with E-state index < -0.39 is 5.97 Å². The van der Waals surface area contributed by atoms with Crippen molar-refractivity contribution in [1.82, 2.24) is 9.97 Å². The maximum Gasteiger partial charge on any atom is 0.343 e. The Morgan fingerprint density at radius 2 is 1.97 bits per heavy atom. The molecule has 0 aliphatic heterocycles. The van der Waals surface area contributed by atoms with Crippen molar-refractivity contribution in [3.05, 3.63) is 51.8 Å². The summed E-state index contributed by atoms with van der Waals surface area (Å²) in [4.78, 5) is 22.5. The van der Waals surface area contributed by atoms with Crippen LogP contribution in [0.15, 0.2) is 35.8 Å². The number of anilines is 1. The zero-order valence-corrected chi connectivity index (χ0v) is 17.6. The Labute approximate surface area is 173 Å². The number of aryl methyl sites for hydroxylation is 1. The Kier molecular flexibility index (Phi) is 6.66. The Balaban J connectivity index is 1.97. The number of hydrogen-bond acceptors (Lipinski definition) is 8. The van der Waals surface area contributed by atoms with Gasteiger partial charge >= 0.3 is 5.97 Å². The molecule has 2 aromatic heterocycles.